The minimum Gasteiger partial charge on any atom is -0.371 e. The molecule has 1 aromatic carbocycles. The maximum Gasteiger partial charge on any atom is 0.253 e. The SMILES string of the molecule is O=c1cc(C2CC2)ncn1CC1CCN(c2ccnc3ccccc23)CC1. The van der Waals surface area contributed by atoms with Gasteiger partial charge in [-0.25, -0.2) is 4.98 Å². The maximum absolute atomic E-state index is 12.4. The summed E-state index contributed by atoms with van der Waals surface area (Å²) in [6, 6.07) is 12.2. The van der Waals surface area contributed by atoms with E-state index in [1.54, 1.807) is 17.0 Å². The first-order chi connectivity index (χ1) is 13.3. The molecule has 3 aromatic rings. The summed E-state index contributed by atoms with van der Waals surface area (Å²) in [7, 11) is 0. The highest BCUT2D eigenvalue weighted by atomic mass is 16.1. The van der Waals surface area contributed by atoms with Crippen molar-refractivity contribution in [3.63, 3.8) is 0 Å². The molecule has 0 spiro atoms. The van der Waals surface area contributed by atoms with Gasteiger partial charge in [-0.15, -0.1) is 0 Å². The van der Waals surface area contributed by atoms with Crippen LogP contribution >= 0.6 is 0 Å². The van der Waals surface area contributed by atoms with Gasteiger partial charge in [0.25, 0.3) is 5.56 Å². The third-order valence-electron chi connectivity index (χ3n) is 5.93. The number of nitrogens with zero attached hydrogens (tertiary/aromatic N) is 4. The van der Waals surface area contributed by atoms with Gasteiger partial charge in [0.1, 0.15) is 0 Å². The minimum atomic E-state index is 0.106. The molecule has 5 heteroatoms. The van der Waals surface area contributed by atoms with Gasteiger partial charge in [0.15, 0.2) is 0 Å². The van der Waals surface area contributed by atoms with Crippen molar-refractivity contribution in [3.8, 4) is 0 Å². The largest absolute Gasteiger partial charge is 0.371 e. The average molecular weight is 360 g/mol. The molecule has 138 valence electrons. The lowest BCUT2D eigenvalue weighted by Crippen LogP contribution is -2.36. The first-order valence-electron chi connectivity index (χ1n) is 9.93. The highest BCUT2D eigenvalue weighted by molar-refractivity contribution is 5.91. The fourth-order valence-electron chi connectivity index (χ4n) is 4.17. The van der Waals surface area contributed by atoms with E-state index in [2.05, 4.69) is 39.1 Å². The van der Waals surface area contributed by atoms with Crippen LogP contribution < -0.4 is 10.5 Å². The van der Waals surface area contributed by atoms with Crippen LogP contribution in [0.1, 0.15) is 37.3 Å². The predicted molar refractivity (Wildman–Crippen MR) is 107 cm³/mol. The van der Waals surface area contributed by atoms with Crippen molar-refractivity contribution in [1.82, 2.24) is 14.5 Å². The van der Waals surface area contributed by atoms with Crippen molar-refractivity contribution in [2.24, 2.45) is 5.92 Å². The van der Waals surface area contributed by atoms with E-state index in [0.29, 0.717) is 11.8 Å². The summed E-state index contributed by atoms with van der Waals surface area (Å²) in [6.07, 6.45) is 8.20. The van der Waals surface area contributed by atoms with E-state index in [1.807, 2.05) is 12.3 Å². The lowest BCUT2D eigenvalue weighted by Gasteiger charge is -2.34. The molecular weight excluding hydrogens is 336 g/mol. The van der Waals surface area contributed by atoms with Crippen molar-refractivity contribution in [2.75, 3.05) is 18.0 Å². The molecule has 0 radical (unpaired) electrons. The van der Waals surface area contributed by atoms with Gasteiger partial charge in [0.05, 0.1) is 17.5 Å². The minimum absolute atomic E-state index is 0.106. The van der Waals surface area contributed by atoms with Crippen molar-refractivity contribution in [3.05, 3.63) is 65.0 Å². The third kappa shape index (κ3) is 3.34. The molecule has 1 saturated carbocycles. The second-order valence-corrected chi connectivity index (χ2v) is 7.86. The Bertz CT molecular complexity index is 1010. The summed E-state index contributed by atoms with van der Waals surface area (Å²) >= 11 is 0. The first kappa shape index (κ1) is 16.5. The fourth-order valence-corrected chi connectivity index (χ4v) is 4.17. The van der Waals surface area contributed by atoms with Gasteiger partial charge in [-0.1, -0.05) is 18.2 Å². The summed E-state index contributed by atoms with van der Waals surface area (Å²) in [5, 5.41) is 1.22. The molecule has 0 N–H and O–H groups in total. The van der Waals surface area contributed by atoms with Gasteiger partial charge >= 0.3 is 0 Å². The normalized spacial score (nSPS) is 18.1. The fraction of sp³-hybridized carbons (Fsp3) is 0.409. The molecule has 0 bridgehead atoms. The van der Waals surface area contributed by atoms with Crippen LogP contribution in [-0.4, -0.2) is 27.6 Å². The van der Waals surface area contributed by atoms with Crippen LogP contribution in [0.5, 0.6) is 0 Å². The number of pyridine rings is 1. The van der Waals surface area contributed by atoms with Crippen LogP contribution in [0.15, 0.2) is 53.7 Å². The number of aromatic nitrogens is 3. The number of fused-ring (bicyclic) bond motifs is 1. The number of benzene rings is 1. The highest BCUT2D eigenvalue weighted by Crippen LogP contribution is 2.38. The van der Waals surface area contributed by atoms with E-state index < -0.39 is 0 Å². The standard InChI is InChI=1S/C22H24N4O/c27-22-13-20(17-5-6-17)24-15-26(22)14-16-8-11-25(12-9-16)21-7-10-23-19-4-2-1-3-18(19)21/h1-4,7,10,13,15-17H,5-6,8-9,11-12,14H2. The Balaban J connectivity index is 1.27. The Hall–Kier alpha value is -2.69. The molecule has 2 aliphatic rings. The van der Waals surface area contributed by atoms with E-state index in [1.165, 1.54) is 23.9 Å². The zero-order chi connectivity index (χ0) is 18.2. The zero-order valence-electron chi connectivity index (χ0n) is 15.4. The summed E-state index contributed by atoms with van der Waals surface area (Å²) in [5.74, 6) is 1.06. The van der Waals surface area contributed by atoms with E-state index >= 15 is 0 Å². The van der Waals surface area contributed by atoms with Crippen LogP contribution in [0.4, 0.5) is 5.69 Å². The first-order valence-corrected chi connectivity index (χ1v) is 9.93. The van der Waals surface area contributed by atoms with Gasteiger partial charge < -0.3 is 4.90 Å². The van der Waals surface area contributed by atoms with Crippen LogP contribution in [0.2, 0.25) is 0 Å². The lowest BCUT2D eigenvalue weighted by molar-refractivity contribution is 0.351. The van der Waals surface area contributed by atoms with Crippen molar-refractivity contribution in [2.45, 2.75) is 38.1 Å². The van der Waals surface area contributed by atoms with Gasteiger partial charge in [0, 0.05) is 48.9 Å². The average Bonchev–Trinajstić information content (AvgIpc) is 3.55. The van der Waals surface area contributed by atoms with E-state index in [-0.39, 0.29) is 5.56 Å². The van der Waals surface area contributed by atoms with Crippen LogP contribution in [0, 0.1) is 5.92 Å². The van der Waals surface area contributed by atoms with E-state index in [0.717, 1.165) is 43.7 Å². The number of hydrogen-bond donors (Lipinski definition) is 0. The molecular formula is C22H24N4O. The summed E-state index contributed by atoms with van der Waals surface area (Å²) in [4.78, 5) is 23.8. The molecule has 0 amide bonds. The summed E-state index contributed by atoms with van der Waals surface area (Å²) in [6.45, 7) is 2.81. The number of hydrogen-bond acceptors (Lipinski definition) is 4. The Morgan fingerprint density at radius 2 is 1.81 bits per heavy atom. The van der Waals surface area contributed by atoms with Crippen LogP contribution in [0.3, 0.4) is 0 Å². The molecule has 2 fully saturated rings. The number of para-hydroxylation sites is 1. The Morgan fingerprint density at radius 1 is 1.00 bits per heavy atom. The van der Waals surface area contributed by atoms with Gasteiger partial charge in [-0.2, -0.15) is 0 Å². The molecule has 5 nitrogen and oxygen atoms in total. The Labute approximate surface area is 158 Å². The molecule has 3 heterocycles. The molecule has 0 atom stereocenters. The van der Waals surface area contributed by atoms with Gasteiger partial charge in [0.2, 0.25) is 0 Å². The highest BCUT2D eigenvalue weighted by Gasteiger charge is 2.26. The predicted octanol–water partition coefficient (Wildman–Crippen LogP) is 3.59. The summed E-state index contributed by atoms with van der Waals surface area (Å²) < 4.78 is 1.80. The van der Waals surface area contributed by atoms with Crippen molar-refractivity contribution >= 4 is 16.6 Å². The molecule has 0 unspecified atom stereocenters. The maximum atomic E-state index is 12.4. The Morgan fingerprint density at radius 3 is 2.59 bits per heavy atom. The van der Waals surface area contributed by atoms with Crippen molar-refractivity contribution < 1.29 is 0 Å². The van der Waals surface area contributed by atoms with Gasteiger partial charge in [-0.3, -0.25) is 14.3 Å². The second kappa shape index (κ2) is 6.80. The monoisotopic (exact) mass is 360 g/mol. The Kier molecular flexibility index (Phi) is 4.15. The van der Waals surface area contributed by atoms with Crippen LogP contribution in [-0.2, 0) is 6.54 Å². The van der Waals surface area contributed by atoms with Crippen molar-refractivity contribution in [1.29, 1.82) is 0 Å². The summed E-state index contributed by atoms with van der Waals surface area (Å²) in [5.41, 5.74) is 3.40. The molecule has 2 aromatic heterocycles. The van der Waals surface area contributed by atoms with Crippen LogP contribution in [0.25, 0.3) is 10.9 Å². The van der Waals surface area contributed by atoms with Gasteiger partial charge in [-0.05, 0) is 43.7 Å². The van der Waals surface area contributed by atoms with E-state index in [9.17, 15) is 4.79 Å². The van der Waals surface area contributed by atoms with E-state index in [4.69, 9.17) is 0 Å². The zero-order valence-corrected chi connectivity index (χ0v) is 15.4. The molecule has 1 saturated heterocycles. The molecule has 27 heavy (non-hydrogen) atoms. The third-order valence-corrected chi connectivity index (χ3v) is 5.93. The molecule has 5 rings (SSSR count). The molecule has 1 aliphatic carbocycles. The second-order valence-electron chi connectivity index (χ2n) is 7.86. The number of rotatable bonds is 4. The number of anilines is 1. The smallest absolute Gasteiger partial charge is 0.253 e. The topological polar surface area (TPSA) is 51.0 Å². The lowest BCUT2D eigenvalue weighted by atomic mass is 9.96. The molecule has 1 aliphatic heterocycles. The number of piperidine rings is 1. The quantitative estimate of drug-likeness (QED) is 0.713.